The first kappa shape index (κ1) is 13.4. The molecule has 14 heavy (non-hydrogen) atoms. The summed E-state index contributed by atoms with van der Waals surface area (Å²) in [6.07, 6.45) is 0.583. The summed E-state index contributed by atoms with van der Waals surface area (Å²) in [5.41, 5.74) is 5.60. The van der Waals surface area contributed by atoms with Crippen molar-refractivity contribution in [2.45, 2.75) is 19.4 Å². The Morgan fingerprint density at radius 3 is 2.71 bits per heavy atom. The van der Waals surface area contributed by atoms with Crippen molar-refractivity contribution in [3.05, 3.63) is 0 Å². The van der Waals surface area contributed by atoms with E-state index < -0.39 is 6.04 Å². The molecule has 1 atom stereocenters. The van der Waals surface area contributed by atoms with E-state index in [1.54, 1.807) is 4.90 Å². The SMILES string of the molecule is CCN(CCCO)C(=O)C(N)COC. The molecule has 0 bridgehead atoms. The van der Waals surface area contributed by atoms with Crippen LogP contribution in [0.15, 0.2) is 0 Å². The van der Waals surface area contributed by atoms with Gasteiger partial charge >= 0.3 is 0 Å². The molecule has 3 N–H and O–H groups in total. The second-order valence-corrected chi connectivity index (χ2v) is 3.06. The molecule has 0 aromatic heterocycles. The molecule has 0 spiro atoms. The number of carbonyl (C=O) groups is 1. The number of carbonyl (C=O) groups excluding carboxylic acids is 1. The zero-order chi connectivity index (χ0) is 11.0. The first-order valence-corrected chi connectivity index (χ1v) is 4.81. The number of ether oxygens (including phenoxy) is 1. The summed E-state index contributed by atoms with van der Waals surface area (Å²) in [4.78, 5) is 13.2. The number of nitrogens with two attached hydrogens (primary N) is 1. The monoisotopic (exact) mass is 204 g/mol. The second kappa shape index (κ2) is 7.73. The summed E-state index contributed by atoms with van der Waals surface area (Å²) in [6, 6.07) is -0.598. The van der Waals surface area contributed by atoms with Crippen molar-refractivity contribution in [1.82, 2.24) is 4.90 Å². The van der Waals surface area contributed by atoms with E-state index >= 15 is 0 Å². The largest absolute Gasteiger partial charge is 0.396 e. The number of hydrogen-bond donors (Lipinski definition) is 2. The van der Waals surface area contributed by atoms with E-state index in [0.29, 0.717) is 19.5 Å². The van der Waals surface area contributed by atoms with Gasteiger partial charge in [0.2, 0.25) is 5.91 Å². The van der Waals surface area contributed by atoms with Gasteiger partial charge in [0.05, 0.1) is 6.61 Å². The van der Waals surface area contributed by atoms with Crippen LogP contribution in [0.1, 0.15) is 13.3 Å². The molecule has 5 nitrogen and oxygen atoms in total. The molecule has 0 radical (unpaired) electrons. The van der Waals surface area contributed by atoms with Crippen molar-refractivity contribution in [3.63, 3.8) is 0 Å². The van der Waals surface area contributed by atoms with Gasteiger partial charge in [-0.05, 0) is 13.3 Å². The van der Waals surface area contributed by atoms with Crippen LogP contribution in [0.5, 0.6) is 0 Å². The van der Waals surface area contributed by atoms with E-state index in [4.69, 9.17) is 15.6 Å². The molecule has 1 unspecified atom stereocenters. The van der Waals surface area contributed by atoms with Gasteiger partial charge in [0, 0.05) is 26.8 Å². The highest BCUT2D eigenvalue weighted by atomic mass is 16.5. The fourth-order valence-corrected chi connectivity index (χ4v) is 1.17. The number of methoxy groups -OCH3 is 1. The number of likely N-dealkylation sites (N-methyl/N-ethyl adjacent to an activating group) is 1. The zero-order valence-corrected chi connectivity index (χ0v) is 8.90. The number of rotatable bonds is 7. The highest BCUT2D eigenvalue weighted by Crippen LogP contribution is 1.96. The van der Waals surface area contributed by atoms with Crippen LogP contribution in [-0.2, 0) is 9.53 Å². The van der Waals surface area contributed by atoms with Crippen LogP contribution in [0.2, 0.25) is 0 Å². The third-order valence-electron chi connectivity index (χ3n) is 1.94. The number of aliphatic hydroxyl groups excluding tert-OH is 1. The molecular formula is C9H20N2O3. The van der Waals surface area contributed by atoms with Gasteiger partial charge in [-0.25, -0.2) is 0 Å². The Balaban J connectivity index is 4.01. The Labute approximate surface area is 84.8 Å². The van der Waals surface area contributed by atoms with Gasteiger partial charge in [0.15, 0.2) is 0 Å². The van der Waals surface area contributed by atoms with Crippen LogP contribution in [0.4, 0.5) is 0 Å². The topological polar surface area (TPSA) is 75.8 Å². The van der Waals surface area contributed by atoms with Gasteiger partial charge in [0.25, 0.3) is 0 Å². The van der Waals surface area contributed by atoms with Gasteiger partial charge in [-0.3, -0.25) is 4.79 Å². The molecule has 0 saturated heterocycles. The summed E-state index contributed by atoms with van der Waals surface area (Å²) in [5.74, 6) is -0.122. The Kier molecular flexibility index (Phi) is 7.37. The van der Waals surface area contributed by atoms with Gasteiger partial charge in [-0.1, -0.05) is 0 Å². The summed E-state index contributed by atoms with van der Waals surface area (Å²) in [6.45, 7) is 3.35. The normalized spacial score (nSPS) is 12.6. The van der Waals surface area contributed by atoms with Crippen molar-refractivity contribution in [2.24, 2.45) is 5.73 Å². The van der Waals surface area contributed by atoms with E-state index in [1.165, 1.54) is 7.11 Å². The minimum Gasteiger partial charge on any atom is -0.396 e. The number of amides is 1. The minimum atomic E-state index is -0.598. The predicted molar refractivity (Wildman–Crippen MR) is 53.8 cm³/mol. The molecule has 84 valence electrons. The van der Waals surface area contributed by atoms with Gasteiger partial charge in [0.1, 0.15) is 6.04 Å². The highest BCUT2D eigenvalue weighted by Gasteiger charge is 2.18. The summed E-state index contributed by atoms with van der Waals surface area (Å²) in [7, 11) is 1.51. The maximum absolute atomic E-state index is 11.6. The quantitative estimate of drug-likeness (QED) is 0.569. The molecular weight excluding hydrogens is 184 g/mol. The fraction of sp³-hybridized carbons (Fsp3) is 0.889. The van der Waals surface area contributed by atoms with Crippen molar-refractivity contribution in [1.29, 1.82) is 0 Å². The lowest BCUT2D eigenvalue weighted by atomic mass is 10.2. The number of aliphatic hydroxyl groups is 1. The predicted octanol–water partition coefficient (Wildman–Crippen LogP) is -0.809. The van der Waals surface area contributed by atoms with Crippen molar-refractivity contribution in [2.75, 3.05) is 33.4 Å². The third kappa shape index (κ3) is 4.55. The highest BCUT2D eigenvalue weighted by molar-refractivity contribution is 5.81. The molecule has 0 aliphatic carbocycles. The molecule has 1 amide bonds. The summed E-state index contributed by atoms with van der Waals surface area (Å²) >= 11 is 0. The van der Waals surface area contributed by atoms with Gasteiger partial charge in [-0.2, -0.15) is 0 Å². The lowest BCUT2D eigenvalue weighted by molar-refractivity contribution is -0.133. The lowest BCUT2D eigenvalue weighted by Gasteiger charge is -2.23. The fourth-order valence-electron chi connectivity index (χ4n) is 1.17. The van der Waals surface area contributed by atoms with Crippen LogP contribution >= 0.6 is 0 Å². The maximum Gasteiger partial charge on any atom is 0.241 e. The van der Waals surface area contributed by atoms with Crippen LogP contribution in [0, 0.1) is 0 Å². The van der Waals surface area contributed by atoms with Gasteiger partial charge < -0.3 is 20.5 Å². The van der Waals surface area contributed by atoms with Crippen molar-refractivity contribution in [3.8, 4) is 0 Å². The molecule has 5 heteroatoms. The maximum atomic E-state index is 11.6. The zero-order valence-electron chi connectivity index (χ0n) is 8.90. The molecule has 0 saturated carbocycles. The molecule has 0 rings (SSSR count). The molecule has 0 aliphatic rings. The Morgan fingerprint density at radius 1 is 1.64 bits per heavy atom. The van der Waals surface area contributed by atoms with E-state index in [-0.39, 0.29) is 19.1 Å². The third-order valence-corrected chi connectivity index (χ3v) is 1.94. The first-order valence-electron chi connectivity index (χ1n) is 4.81. The minimum absolute atomic E-state index is 0.0866. The van der Waals surface area contributed by atoms with Crippen molar-refractivity contribution >= 4 is 5.91 Å². The smallest absolute Gasteiger partial charge is 0.241 e. The second-order valence-electron chi connectivity index (χ2n) is 3.06. The Morgan fingerprint density at radius 2 is 2.29 bits per heavy atom. The Hall–Kier alpha value is -0.650. The summed E-state index contributed by atoms with van der Waals surface area (Å²) in [5, 5.41) is 8.64. The lowest BCUT2D eigenvalue weighted by Crippen LogP contribution is -2.46. The molecule has 0 aliphatic heterocycles. The summed E-state index contributed by atoms with van der Waals surface area (Å²) < 4.78 is 4.80. The molecule has 0 fully saturated rings. The number of nitrogens with zero attached hydrogens (tertiary/aromatic N) is 1. The standard InChI is InChI=1S/C9H20N2O3/c1-3-11(5-4-6-12)9(13)8(10)7-14-2/h8,12H,3-7,10H2,1-2H3. The van der Waals surface area contributed by atoms with E-state index in [1.807, 2.05) is 6.92 Å². The average Bonchev–Trinajstić information content (AvgIpc) is 2.19. The molecule has 0 aromatic rings. The molecule has 0 heterocycles. The van der Waals surface area contributed by atoms with Crippen LogP contribution in [0.25, 0.3) is 0 Å². The van der Waals surface area contributed by atoms with Gasteiger partial charge in [-0.15, -0.1) is 0 Å². The van der Waals surface area contributed by atoms with Crippen LogP contribution in [0.3, 0.4) is 0 Å². The van der Waals surface area contributed by atoms with E-state index in [9.17, 15) is 4.79 Å². The van der Waals surface area contributed by atoms with Crippen molar-refractivity contribution < 1.29 is 14.6 Å². The van der Waals surface area contributed by atoms with E-state index in [0.717, 1.165) is 0 Å². The van der Waals surface area contributed by atoms with Crippen LogP contribution < -0.4 is 5.73 Å². The first-order chi connectivity index (χ1) is 6.67. The van der Waals surface area contributed by atoms with E-state index in [2.05, 4.69) is 0 Å². The average molecular weight is 204 g/mol. The van der Waals surface area contributed by atoms with Crippen LogP contribution in [-0.4, -0.2) is 55.4 Å². The number of hydrogen-bond acceptors (Lipinski definition) is 4. The molecule has 0 aromatic carbocycles. The Bertz CT molecular complexity index is 164.